The number of nitrogens with one attached hydrogen (secondary N) is 1. The molecule has 0 amide bonds. The summed E-state index contributed by atoms with van der Waals surface area (Å²) in [4.78, 5) is 8.20. The van der Waals surface area contributed by atoms with E-state index in [2.05, 4.69) is 33.7 Å². The van der Waals surface area contributed by atoms with E-state index in [1.165, 1.54) is 0 Å². The summed E-state index contributed by atoms with van der Waals surface area (Å²) in [6.07, 6.45) is 1.27. The number of pyridine rings is 1. The number of halogens is 3. The second-order valence-corrected chi connectivity index (χ2v) is 5.34. The van der Waals surface area contributed by atoms with E-state index in [9.17, 15) is 13.2 Å². The minimum absolute atomic E-state index is 0.240. The van der Waals surface area contributed by atoms with Gasteiger partial charge in [0.1, 0.15) is 11.6 Å². The van der Waals surface area contributed by atoms with Crippen LogP contribution in [0.2, 0.25) is 0 Å². The summed E-state index contributed by atoms with van der Waals surface area (Å²) < 4.78 is 39.9. The molecule has 0 bridgehead atoms. The SMILES string of the molecule is CC(C)c1nccn1CCCNc1cc(C(F)(F)F)ccn1. The number of imidazole rings is 1. The second kappa shape index (κ2) is 6.81. The van der Waals surface area contributed by atoms with Crippen LogP contribution in [0.1, 0.15) is 37.6 Å². The first kappa shape index (κ1) is 16.3. The Kier molecular flexibility index (Phi) is 5.05. The molecule has 0 fully saturated rings. The summed E-state index contributed by atoms with van der Waals surface area (Å²) in [7, 11) is 0. The summed E-state index contributed by atoms with van der Waals surface area (Å²) in [5.41, 5.74) is -0.693. The maximum Gasteiger partial charge on any atom is 0.416 e. The van der Waals surface area contributed by atoms with Gasteiger partial charge in [0.2, 0.25) is 0 Å². The topological polar surface area (TPSA) is 42.7 Å². The maximum absolute atomic E-state index is 12.6. The van der Waals surface area contributed by atoms with Crippen LogP contribution in [0.15, 0.2) is 30.7 Å². The lowest BCUT2D eigenvalue weighted by Crippen LogP contribution is -2.11. The van der Waals surface area contributed by atoms with Crippen molar-refractivity contribution in [2.24, 2.45) is 0 Å². The molecular weight excluding hydrogens is 293 g/mol. The van der Waals surface area contributed by atoms with Gasteiger partial charge in [-0.2, -0.15) is 13.2 Å². The Morgan fingerprint density at radius 1 is 1.23 bits per heavy atom. The van der Waals surface area contributed by atoms with Gasteiger partial charge in [-0.1, -0.05) is 13.8 Å². The molecule has 2 aromatic heterocycles. The highest BCUT2D eigenvalue weighted by Crippen LogP contribution is 2.29. The number of rotatable bonds is 6. The van der Waals surface area contributed by atoms with Crippen LogP contribution >= 0.6 is 0 Å². The van der Waals surface area contributed by atoms with Gasteiger partial charge in [-0.25, -0.2) is 9.97 Å². The molecule has 0 aliphatic heterocycles. The van der Waals surface area contributed by atoms with Gasteiger partial charge in [0, 0.05) is 37.6 Å². The summed E-state index contributed by atoms with van der Waals surface area (Å²) in [6, 6.07) is 1.99. The molecule has 0 aliphatic carbocycles. The van der Waals surface area contributed by atoms with Crippen molar-refractivity contribution < 1.29 is 13.2 Å². The van der Waals surface area contributed by atoms with Gasteiger partial charge in [-0.05, 0) is 18.6 Å². The van der Waals surface area contributed by atoms with Crippen LogP contribution in [0.3, 0.4) is 0 Å². The number of hydrogen-bond acceptors (Lipinski definition) is 3. The molecule has 0 saturated heterocycles. The van der Waals surface area contributed by atoms with Gasteiger partial charge >= 0.3 is 6.18 Å². The van der Waals surface area contributed by atoms with E-state index in [4.69, 9.17) is 0 Å². The van der Waals surface area contributed by atoms with Crippen molar-refractivity contribution in [2.75, 3.05) is 11.9 Å². The molecule has 0 spiro atoms. The van der Waals surface area contributed by atoms with E-state index >= 15 is 0 Å². The molecule has 2 aromatic rings. The van der Waals surface area contributed by atoms with Gasteiger partial charge in [0.15, 0.2) is 0 Å². The highest BCUT2D eigenvalue weighted by Gasteiger charge is 2.30. The average molecular weight is 312 g/mol. The standard InChI is InChI=1S/C15H19F3N4/c1-11(2)14-21-7-9-22(14)8-3-5-19-13-10-12(4-6-20-13)15(16,17)18/h4,6-7,9-11H,3,5,8H2,1-2H3,(H,19,20). The van der Waals surface area contributed by atoms with E-state index in [0.717, 1.165) is 37.1 Å². The van der Waals surface area contributed by atoms with E-state index in [-0.39, 0.29) is 5.82 Å². The molecule has 120 valence electrons. The van der Waals surface area contributed by atoms with Gasteiger partial charge in [-0.15, -0.1) is 0 Å². The predicted molar refractivity (Wildman–Crippen MR) is 78.7 cm³/mol. The Balaban J connectivity index is 1.85. The first-order valence-corrected chi connectivity index (χ1v) is 7.16. The number of hydrogen-bond donors (Lipinski definition) is 1. The van der Waals surface area contributed by atoms with Crippen molar-refractivity contribution in [3.63, 3.8) is 0 Å². The molecule has 4 nitrogen and oxygen atoms in total. The number of aryl methyl sites for hydroxylation is 1. The molecule has 2 rings (SSSR count). The Hall–Kier alpha value is -2.05. The Labute approximate surface area is 127 Å². The van der Waals surface area contributed by atoms with E-state index in [1.54, 1.807) is 6.20 Å². The molecule has 7 heteroatoms. The summed E-state index contributed by atoms with van der Waals surface area (Å²) in [5, 5.41) is 2.92. The van der Waals surface area contributed by atoms with E-state index < -0.39 is 11.7 Å². The van der Waals surface area contributed by atoms with E-state index in [1.807, 2.05) is 6.20 Å². The summed E-state index contributed by atoms with van der Waals surface area (Å²) in [6.45, 7) is 5.46. The maximum atomic E-state index is 12.6. The summed E-state index contributed by atoms with van der Waals surface area (Å²) in [5.74, 6) is 1.59. The zero-order chi connectivity index (χ0) is 16.2. The van der Waals surface area contributed by atoms with Gasteiger partial charge in [0.25, 0.3) is 0 Å². The van der Waals surface area contributed by atoms with Gasteiger partial charge in [0.05, 0.1) is 5.56 Å². The molecule has 0 saturated carbocycles. The Morgan fingerprint density at radius 3 is 2.68 bits per heavy atom. The first-order chi connectivity index (χ1) is 10.4. The van der Waals surface area contributed by atoms with Crippen LogP contribution in [-0.4, -0.2) is 21.1 Å². The minimum atomic E-state index is -4.34. The molecule has 0 unspecified atom stereocenters. The third-order valence-corrected chi connectivity index (χ3v) is 3.23. The van der Waals surface area contributed by atoms with Crippen LogP contribution in [0.4, 0.5) is 19.0 Å². The monoisotopic (exact) mass is 312 g/mol. The number of aromatic nitrogens is 3. The lowest BCUT2D eigenvalue weighted by atomic mass is 10.2. The highest BCUT2D eigenvalue weighted by molar-refractivity contribution is 5.38. The number of alkyl halides is 3. The molecule has 0 atom stereocenters. The largest absolute Gasteiger partial charge is 0.416 e. The first-order valence-electron chi connectivity index (χ1n) is 7.16. The zero-order valence-corrected chi connectivity index (χ0v) is 12.6. The fourth-order valence-corrected chi connectivity index (χ4v) is 2.18. The second-order valence-electron chi connectivity index (χ2n) is 5.34. The Bertz CT molecular complexity index is 605. The average Bonchev–Trinajstić information content (AvgIpc) is 2.91. The third kappa shape index (κ3) is 4.22. The Morgan fingerprint density at radius 2 is 2.00 bits per heavy atom. The molecule has 2 heterocycles. The summed E-state index contributed by atoms with van der Waals surface area (Å²) >= 11 is 0. The molecule has 0 aliphatic rings. The van der Waals surface area contributed by atoms with E-state index in [0.29, 0.717) is 12.5 Å². The normalized spacial score (nSPS) is 11.9. The van der Waals surface area contributed by atoms with Crippen molar-refractivity contribution in [2.45, 2.75) is 38.9 Å². The quantitative estimate of drug-likeness (QED) is 0.822. The van der Waals surface area contributed by atoms with Crippen molar-refractivity contribution in [3.8, 4) is 0 Å². The van der Waals surface area contributed by atoms with Crippen molar-refractivity contribution in [1.82, 2.24) is 14.5 Å². The van der Waals surface area contributed by atoms with Crippen LogP contribution in [-0.2, 0) is 12.7 Å². The van der Waals surface area contributed by atoms with Crippen LogP contribution in [0.25, 0.3) is 0 Å². The predicted octanol–water partition coefficient (Wildman–Crippen LogP) is 3.92. The van der Waals surface area contributed by atoms with Gasteiger partial charge in [-0.3, -0.25) is 0 Å². The number of nitrogens with zero attached hydrogens (tertiary/aromatic N) is 3. The van der Waals surface area contributed by atoms with Crippen molar-refractivity contribution in [3.05, 3.63) is 42.1 Å². The fraction of sp³-hybridized carbons (Fsp3) is 0.467. The molecular formula is C15H19F3N4. The zero-order valence-electron chi connectivity index (χ0n) is 12.6. The highest BCUT2D eigenvalue weighted by atomic mass is 19.4. The molecule has 22 heavy (non-hydrogen) atoms. The molecule has 0 aromatic carbocycles. The van der Waals surface area contributed by atoms with Crippen molar-refractivity contribution in [1.29, 1.82) is 0 Å². The van der Waals surface area contributed by atoms with Gasteiger partial charge < -0.3 is 9.88 Å². The fourth-order valence-electron chi connectivity index (χ4n) is 2.18. The molecule has 1 N–H and O–H groups in total. The minimum Gasteiger partial charge on any atom is -0.370 e. The lowest BCUT2D eigenvalue weighted by molar-refractivity contribution is -0.137. The third-order valence-electron chi connectivity index (χ3n) is 3.23. The number of anilines is 1. The van der Waals surface area contributed by atoms with Crippen LogP contribution < -0.4 is 5.32 Å². The molecule has 0 radical (unpaired) electrons. The van der Waals surface area contributed by atoms with Crippen LogP contribution in [0, 0.1) is 0 Å². The van der Waals surface area contributed by atoms with Crippen molar-refractivity contribution >= 4 is 5.82 Å². The van der Waals surface area contributed by atoms with Crippen LogP contribution in [0.5, 0.6) is 0 Å². The lowest BCUT2D eigenvalue weighted by Gasteiger charge is -2.12. The smallest absolute Gasteiger partial charge is 0.370 e.